The molecular formula is C68H123NO8. The highest BCUT2D eigenvalue weighted by Crippen LogP contribution is 2.17. The van der Waals surface area contributed by atoms with Gasteiger partial charge in [0, 0.05) is 12.8 Å². The molecule has 0 heterocycles. The summed E-state index contributed by atoms with van der Waals surface area (Å²) in [4.78, 5) is 37.3. The third-order valence-electron chi connectivity index (χ3n) is 14.2. The number of quaternary nitrogens is 1. The van der Waals surface area contributed by atoms with Crippen molar-refractivity contribution in [2.24, 2.45) is 0 Å². The summed E-state index contributed by atoms with van der Waals surface area (Å²) in [6, 6.07) is 0. The Kier molecular flexibility index (Phi) is 56.8. The number of hydrogen-bond donors (Lipinski definition) is 0. The molecule has 0 N–H and O–H groups in total. The minimum Gasteiger partial charge on any atom is -0.545 e. The van der Waals surface area contributed by atoms with Crippen molar-refractivity contribution in [2.45, 2.75) is 309 Å². The van der Waals surface area contributed by atoms with E-state index in [0.29, 0.717) is 17.4 Å². The highest BCUT2D eigenvalue weighted by molar-refractivity contribution is 5.70. The number of esters is 2. The van der Waals surface area contributed by atoms with Crippen LogP contribution in [0.15, 0.2) is 60.8 Å². The molecule has 9 nitrogen and oxygen atoms in total. The van der Waals surface area contributed by atoms with Crippen LogP contribution in [0.1, 0.15) is 296 Å². The lowest BCUT2D eigenvalue weighted by molar-refractivity contribution is -0.870. The smallest absolute Gasteiger partial charge is 0.306 e. The third kappa shape index (κ3) is 60.5. The van der Waals surface area contributed by atoms with Gasteiger partial charge in [0.2, 0.25) is 0 Å². The molecule has 77 heavy (non-hydrogen) atoms. The van der Waals surface area contributed by atoms with E-state index in [-0.39, 0.29) is 38.6 Å². The van der Waals surface area contributed by atoms with Gasteiger partial charge < -0.3 is 33.3 Å². The second-order valence-corrected chi connectivity index (χ2v) is 23.0. The van der Waals surface area contributed by atoms with Crippen LogP contribution in [0.3, 0.4) is 0 Å². The molecule has 2 atom stereocenters. The van der Waals surface area contributed by atoms with Crippen molar-refractivity contribution in [1.82, 2.24) is 0 Å². The fourth-order valence-corrected chi connectivity index (χ4v) is 9.29. The standard InChI is InChI=1S/C68H123NO8/c1-6-8-10-12-14-16-18-20-22-24-25-26-27-28-29-30-31-32-33-34-35-36-37-38-39-40-41-43-45-47-49-51-53-55-57-59-66(71)77-64(63-76-68(67(72)73)74-61-60-69(3,4)5)62-75-65(70)58-56-54-52-50-48-46-44-42-23-21-19-17-15-13-11-9-7-2/h8,10,14,16,20-23,25-26,64,68H,6-7,9,11-13,15,17-19,24,27-63H2,1-5H3/b10-8-,16-14-,22-20-,23-21-,26-25-. The van der Waals surface area contributed by atoms with Gasteiger partial charge in [-0.2, -0.15) is 0 Å². The summed E-state index contributed by atoms with van der Waals surface area (Å²) < 4.78 is 22.7. The van der Waals surface area contributed by atoms with Crippen LogP contribution in [-0.2, 0) is 33.3 Å². The highest BCUT2D eigenvalue weighted by Gasteiger charge is 2.22. The topological polar surface area (TPSA) is 111 Å². The largest absolute Gasteiger partial charge is 0.545 e. The third-order valence-corrected chi connectivity index (χ3v) is 14.2. The highest BCUT2D eigenvalue weighted by atomic mass is 16.7. The number of likely N-dealkylation sites (N-methyl/N-ethyl adjacent to an activating group) is 1. The number of ether oxygens (including phenoxy) is 4. The van der Waals surface area contributed by atoms with Crippen molar-refractivity contribution in [2.75, 3.05) is 47.5 Å². The minimum atomic E-state index is -1.62. The van der Waals surface area contributed by atoms with Gasteiger partial charge in [-0.3, -0.25) is 9.59 Å². The molecule has 0 spiro atoms. The maximum absolute atomic E-state index is 12.9. The monoisotopic (exact) mass is 1080 g/mol. The zero-order valence-corrected chi connectivity index (χ0v) is 51.1. The molecule has 0 aromatic heterocycles. The number of unbranched alkanes of at least 4 members (excludes halogenated alkanes) is 35. The summed E-state index contributed by atoms with van der Waals surface area (Å²) in [5.74, 6) is -2.27. The molecule has 0 saturated carbocycles. The number of rotatable bonds is 60. The summed E-state index contributed by atoms with van der Waals surface area (Å²) in [7, 11) is 5.93. The number of carboxylic acids is 1. The Labute approximate surface area is 475 Å². The number of hydrogen-bond acceptors (Lipinski definition) is 8. The van der Waals surface area contributed by atoms with E-state index >= 15 is 0 Å². The van der Waals surface area contributed by atoms with Crippen molar-refractivity contribution in [3.8, 4) is 0 Å². The van der Waals surface area contributed by atoms with Crippen LogP contribution in [-0.4, -0.2) is 82.3 Å². The predicted octanol–water partition coefficient (Wildman–Crippen LogP) is 18.2. The van der Waals surface area contributed by atoms with Crippen LogP contribution in [0.5, 0.6) is 0 Å². The Morgan fingerprint density at radius 2 is 0.740 bits per heavy atom. The number of carbonyl (C=O) groups is 3. The minimum absolute atomic E-state index is 0.148. The number of nitrogens with zero attached hydrogens (tertiary/aromatic N) is 1. The van der Waals surface area contributed by atoms with Crippen molar-refractivity contribution in [3.63, 3.8) is 0 Å². The van der Waals surface area contributed by atoms with E-state index in [1.54, 1.807) is 0 Å². The number of aliphatic carboxylic acids is 1. The Morgan fingerprint density at radius 1 is 0.403 bits per heavy atom. The SMILES string of the molecule is CC/C=C\C/C=C\C/C=C\C/C=C\CCCCCCCCCCCCCCCCCCCCCCCCC(=O)OC(COC(=O)CCCCCCCCC/C=C\CCCCCCCC)COC(OCC[N+](C)(C)C)C(=O)[O-]. The van der Waals surface area contributed by atoms with Gasteiger partial charge in [-0.05, 0) is 77.0 Å². The zero-order chi connectivity index (χ0) is 56.2. The van der Waals surface area contributed by atoms with Crippen molar-refractivity contribution in [3.05, 3.63) is 60.8 Å². The van der Waals surface area contributed by atoms with Gasteiger partial charge in [0.05, 0.1) is 40.3 Å². The van der Waals surface area contributed by atoms with Crippen molar-refractivity contribution in [1.29, 1.82) is 0 Å². The first-order valence-electron chi connectivity index (χ1n) is 32.4. The Hall–Kier alpha value is -3.01. The molecular weight excluding hydrogens is 959 g/mol. The van der Waals surface area contributed by atoms with E-state index in [0.717, 1.165) is 64.2 Å². The molecule has 0 radical (unpaired) electrons. The van der Waals surface area contributed by atoms with Gasteiger partial charge >= 0.3 is 11.9 Å². The Morgan fingerprint density at radius 3 is 1.12 bits per heavy atom. The zero-order valence-electron chi connectivity index (χ0n) is 51.1. The molecule has 0 saturated heterocycles. The lowest BCUT2D eigenvalue weighted by Gasteiger charge is -2.26. The summed E-state index contributed by atoms with van der Waals surface area (Å²) in [6.07, 6.45) is 73.0. The Bertz CT molecular complexity index is 1450. The lowest BCUT2D eigenvalue weighted by Crippen LogP contribution is -2.44. The number of carbonyl (C=O) groups excluding carboxylic acids is 3. The van der Waals surface area contributed by atoms with Crippen molar-refractivity contribution < 1.29 is 42.9 Å². The van der Waals surface area contributed by atoms with E-state index in [9.17, 15) is 19.5 Å². The lowest BCUT2D eigenvalue weighted by atomic mass is 10.0. The molecule has 0 aromatic rings. The fourth-order valence-electron chi connectivity index (χ4n) is 9.29. The van der Waals surface area contributed by atoms with Crippen molar-refractivity contribution >= 4 is 17.9 Å². The molecule has 0 aliphatic rings. The summed E-state index contributed by atoms with van der Waals surface area (Å²) >= 11 is 0. The van der Waals surface area contributed by atoms with Gasteiger partial charge in [0.15, 0.2) is 12.4 Å². The molecule has 0 aromatic carbocycles. The number of allylic oxidation sites excluding steroid dienone is 10. The predicted molar refractivity (Wildman–Crippen MR) is 325 cm³/mol. The summed E-state index contributed by atoms with van der Waals surface area (Å²) in [5.41, 5.74) is 0. The second kappa shape index (κ2) is 59.1. The van der Waals surface area contributed by atoms with E-state index in [1.165, 1.54) is 199 Å². The molecule has 2 unspecified atom stereocenters. The van der Waals surface area contributed by atoms with Crippen LogP contribution >= 0.6 is 0 Å². The molecule has 448 valence electrons. The van der Waals surface area contributed by atoms with Gasteiger partial charge in [-0.25, -0.2) is 0 Å². The first-order chi connectivity index (χ1) is 37.6. The molecule has 0 rings (SSSR count). The molecule has 0 aliphatic heterocycles. The Balaban J connectivity index is 4.04. The van der Waals surface area contributed by atoms with Gasteiger partial charge in [-0.1, -0.05) is 267 Å². The summed E-state index contributed by atoms with van der Waals surface area (Å²) in [6.45, 7) is 4.66. The fraction of sp³-hybridized carbons (Fsp3) is 0.809. The van der Waals surface area contributed by atoms with E-state index < -0.39 is 24.3 Å². The molecule has 0 bridgehead atoms. The second-order valence-electron chi connectivity index (χ2n) is 23.0. The van der Waals surface area contributed by atoms with Crippen LogP contribution < -0.4 is 5.11 Å². The van der Waals surface area contributed by atoms with Crippen LogP contribution in [0, 0.1) is 0 Å². The molecule has 9 heteroatoms. The molecule has 0 amide bonds. The normalized spacial score (nSPS) is 13.1. The molecule has 0 aliphatic carbocycles. The first-order valence-corrected chi connectivity index (χ1v) is 32.4. The maximum Gasteiger partial charge on any atom is 0.306 e. The van der Waals surface area contributed by atoms with E-state index in [1.807, 2.05) is 21.1 Å². The average Bonchev–Trinajstić information content (AvgIpc) is 3.40. The quantitative estimate of drug-likeness (QED) is 0.0195. The van der Waals surface area contributed by atoms with Gasteiger partial charge in [-0.15, -0.1) is 0 Å². The van der Waals surface area contributed by atoms with Crippen LogP contribution in [0.25, 0.3) is 0 Å². The van der Waals surface area contributed by atoms with Crippen LogP contribution in [0.4, 0.5) is 0 Å². The number of carboxylic acid groups (broad SMARTS) is 1. The average molecular weight is 1080 g/mol. The van der Waals surface area contributed by atoms with Gasteiger partial charge in [0.25, 0.3) is 0 Å². The maximum atomic E-state index is 12.9. The van der Waals surface area contributed by atoms with Crippen LogP contribution in [0.2, 0.25) is 0 Å². The molecule has 0 fully saturated rings. The van der Waals surface area contributed by atoms with E-state index in [2.05, 4.69) is 74.6 Å². The first kappa shape index (κ1) is 74.0. The van der Waals surface area contributed by atoms with Gasteiger partial charge in [0.1, 0.15) is 13.2 Å². The van der Waals surface area contributed by atoms with E-state index in [4.69, 9.17) is 18.9 Å². The summed E-state index contributed by atoms with van der Waals surface area (Å²) in [5, 5.41) is 11.8.